The number of piperidine rings is 1. The van der Waals surface area contributed by atoms with Crippen LogP contribution in [0.1, 0.15) is 56.6 Å². The molecule has 7 nitrogen and oxygen atoms in total. The third kappa shape index (κ3) is 3.67. The van der Waals surface area contributed by atoms with Crippen LogP contribution in [0.15, 0.2) is 12.3 Å². The molecular weight excluding hydrogens is 402 g/mol. The zero-order valence-corrected chi connectivity index (χ0v) is 19.0. The number of nitrogens with two attached hydrogens (primary N) is 1. The number of nitrogens with one attached hydrogen (secondary N) is 2. The summed E-state index contributed by atoms with van der Waals surface area (Å²) < 4.78 is 7.64. The lowest BCUT2D eigenvalue weighted by Gasteiger charge is -2.40. The van der Waals surface area contributed by atoms with Crippen LogP contribution >= 0.6 is 11.6 Å². The lowest BCUT2D eigenvalue weighted by molar-refractivity contribution is 0.0812. The fraction of sp³-hybridized carbons (Fsp3) is 0.636. The summed E-state index contributed by atoms with van der Waals surface area (Å²) in [6.45, 7) is 11.1. The van der Waals surface area contributed by atoms with Crippen molar-refractivity contribution in [3.63, 3.8) is 0 Å². The quantitative estimate of drug-likeness (QED) is 0.629. The Morgan fingerprint density at radius 1 is 1.50 bits per heavy atom. The van der Waals surface area contributed by atoms with E-state index >= 15 is 0 Å². The van der Waals surface area contributed by atoms with E-state index in [2.05, 4.69) is 36.4 Å². The molecule has 0 saturated carbocycles. The van der Waals surface area contributed by atoms with Crippen LogP contribution in [0.2, 0.25) is 5.02 Å². The fourth-order valence-electron chi connectivity index (χ4n) is 4.62. The highest BCUT2D eigenvalue weighted by Crippen LogP contribution is 2.49. The van der Waals surface area contributed by atoms with Crippen LogP contribution in [0.25, 0.3) is 5.65 Å². The number of pyridine rings is 1. The van der Waals surface area contributed by atoms with Crippen LogP contribution in [0, 0.1) is 11.3 Å². The van der Waals surface area contributed by atoms with Crippen LogP contribution in [0.5, 0.6) is 0 Å². The van der Waals surface area contributed by atoms with Crippen molar-refractivity contribution in [2.75, 3.05) is 25.4 Å². The van der Waals surface area contributed by atoms with Gasteiger partial charge < -0.3 is 21.1 Å². The van der Waals surface area contributed by atoms with E-state index in [4.69, 9.17) is 22.1 Å². The zero-order valence-electron chi connectivity index (χ0n) is 18.2. The molecule has 2 aromatic rings. The summed E-state index contributed by atoms with van der Waals surface area (Å²) in [5.41, 5.74) is 7.94. The van der Waals surface area contributed by atoms with E-state index < -0.39 is 0 Å². The van der Waals surface area contributed by atoms with E-state index in [-0.39, 0.29) is 16.9 Å². The molecule has 30 heavy (non-hydrogen) atoms. The Hall–Kier alpha value is -1.83. The van der Waals surface area contributed by atoms with Crippen LogP contribution in [0.3, 0.4) is 0 Å². The van der Waals surface area contributed by atoms with Crippen LogP contribution in [-0.4, -0.2) is 46.6 Å². The summed E-state index contributed by atoms with van der Waals surface area (Å²) >= 11 is 6.28. The van der Waals surface area contributed by atoms with E-state index in [1.165, 1.54) is 0 Å². The highest BCUT2D eigenvalue weighted by molar-refractivity contribution is 6.33. The summed E-state index contributed by atoms with van der Waals surface area (Å²) in [4.78, 5) is 17.6. The molecule has 0 bridgehead atoms. The Morgan fingerprint density at radius 3 is 2.87 bits per heavy atom. The van der Waals surface area contributed by atoms with E-state index in [9.17, 15) is 4.79 Å². The second-order valence-corrected chi connectivity index (χ2v) is 10.0. The molecule has 0 aliphatic carbocycles. The van der Waals surface area contributed by atoms with Gasteiger partial charge in [-0.1, -0.05) is 39.3 Å². The van der Waals surface area contributed by atoms with Crippen LogP contribution in [-0.2, 0) is 11.2 Å². The van der Waals surface area contributed by atoms with Crippen LogP contribution in [0.4, 0.5) is 5.82 Å². The molecule has 8 heteroatoms. The Balaban J connectivity index is 1.46. The number of fused-ring (bicyclic) bond motifs is 1. The normalized spacial score (nSPS) is 26.7. The monoisotopic (exact) mass is 433 g/mol. The molecule has 2 saturated heterocycles. The molecule has 2 aliphatic rings. The third-order valence-electron chi connectivity index (χ3n) is 6.73. The van der Waals surface area contributed by atoms with E-state index in [0.717, 1.165) is 38.1 Å². The predicted molar refractivity (Wildman–Crippen MR) is 119 cm³/mol. The number of aryl methyl sites for hydroxylation is 1. The van der Waals surface area contributed by atoms with Gasteiger partial charge in [0.25, 0.3) is 5.91 Å². The maximum Gasteiger partial charge on any atom is 0.255 e. The maximum atomic E-state index is 13.0. The average Bonchev–Trinajstić information content (AvgIpc) is 3.43. The van der Waals surface area contributed by atoms with E-state index in [1.54, 1.807) is 10.5 Å². The number of hydrogen-bond donors (Lipinski definition) is 3. The minimum Gasteiger partial charge on any atom is -0.384 e. The largest absolute Gasteiger partial charge is 0.384 e. The van der Waals surface area contributed by atoms with Gasteiger partial charge in [-0.25, -0.2) is 4.98 Å². The SMILES string of the molecule is CCc1cn2c(N)c(Cl)cc(C(=O)NCC3CCNC(C4(C(C)(C)C)CO4)C3)c2n1. The second kappa shape index (κ2) is 7.70. The molecule has 0 spiro atoms. The van der Waals surface area contributed by atoms with Crippen molar-refractivity contribution >= 4 is 29.0 Å². The summed E-state index contributed by atoms with van der Waals surface area (Å²) in [6, 6.07) is 1.93. The zero-order chi connectivity index (χ0) is 21.7. The van der Waals surface area contributed by atoms with Crippen molar-refractivity contribution < 1.29 is 9.53 Å². The molecule has 0 radical (unpaired) electrons. The number of nitrogens with zero attached hydrogens (tertiary/aromatic N) is 2. The molecule has 0 aromatic carbocycles. The van der Waals surface area contributed by atoms with Crippen LogP contribution < -0.4 is 16.4 Å². The predicted octanol–water partition coefficient (Wildman–Crippen LogP) is 3.05. The summed E-state index contributed by atoms with van der Waals surface area (Å²) in [6.07, 6.45) is 4.61. The number of epoxide rings is 1. The lowest BCUT2D eigenvalue weighted by atomic mass is 9.72. The molecule has 1 amide bonds. The second-order valence-electron chi connectivity index (χ2n) is 9.61. The van der Waals surface area contributed by atoms with Gasteiger partial charge in [0.2, 0.25) is 0 Å². The van der Waals surface area contributed by atoms with Crippen molar-refractivity contribution in [1.82, 2.24) is 20.0 Å². The Kier molecular flexibility index (Phi) is 5.49. The van der Waals surface area contributed by atoms with Gasteiger partial charge >= 0.3 is 0 Å². The molecule has 3 atom stereocenters. The highest BCUT2D eigenvalue weighted by atomic mass is 35.5. The Morgan fingerprint density at radius 2 is 2.23 bits per heavy atom. The number of nitrogen functional groups attached to an aromatic ring is 1. The first-order valence-corrected chi connectivity index (χ1v) is 11.2. The Bertz CT molecular complexity index is 961. The topological polar surface area (TPSA) is 97.0 Å². The molecule has 2 fully saturated rings. The van der Waals surface area contributed by atoms with Gasteiger partial charge in [-0.2, -0.15) is 0 Å². The van der Waals surface area contributed by atoms with Gasteiger partial charge in [0.15, 0.2) is 5.65 Å². The van der Waals surface area contributed by atoms with Crippen molar-refractivity contribution in [3.8, 4) is 0 Å². The minimum atomic E-state index is -0.168. The number of carbonyl (C=O) groups excluding carboxylic acids is 1. The number of amides is 1. The molecule has 4 N–H and O–H groups in total. The number of hydrogen-bond acceptors (Lipinski definition) is 5. The number of anilines is 1. The number of rotatable bonds is 5. The first-order valence-electron chi connectivity index (χ1n) is 10.8. The summed E-state index contributed by atoms with van der Waals surface area (Å²) in [7, 11) is 0. The minimum absolute atomic E-state index is 0.0831. The van der Waals surface area contributed by atoms with Gasteiger partial charge in [-0.15, -0.1) is 0 Å². The van der Waals surface area contributed by atoms with Gasteiger partial charge in [0, 0.05) is 18.8 Å². The fourth-order valence-corrected chi connectivity index (χ4v) is 4.82. The van der Waals surface area contributed by atoms with Crippen molar-refractivity contribution in [2.45, 2.75) is 58.6 Å². The standard InChI is InChI=1S/C22H32ClN5O2/c1-5-14-11-28-18(24)16(23)9-15(19(28)27-14)20(29)26-10-13-6-7-25-17(8-13)22(12-30-22)21(2,3)4/h9,11,13,17,25H,5-8,10,12,24H2,1-4H3,(H,26,29). The summed E-state index contributed by atoms with van der Waals surface area (Å²) in [5.74, 6) is 0.627. The number of halogens is 1. The van der Waals surface area contributed by atoms with Crippen molar-refractivity contribution in [2.24, 2.45) is 11.3 Å². The number of imidazole rings is 1. The number of ether oxygens (including phenoxy) is 1. The molecule has 4 rings (SSSR count). The molecular formula is C22H32ClN5O2. The molecule has 4 heterocycles. The van der Waals surface area contributed by atoms with E-state index in [0.29, 0.717) is 40.6 Å². The van der Waals surface area contributed by atoms with Gasteiger partial charge in [0.1, 0.15) is 11.4 Å². The molecule has 164 valence electrons. The van der Waals surface area contributed by atoms with E-state index in [1.807, 2.05) is 13.1 Å². The number of carbonyl (C=O) groups is 1. The van der Waals surface area contributed by atoms with Gasteiger partial charge in [-0.3, -0.25) is 9.20 Å². The average molecular weight is 434 g/mol. The first-order chi connectivity index (χ1) is 14.2. The molecule has 3 unspecified atom stereocenters. The van der Waals surface area contributed by atoms with Gasteiger partial charge in [0.05, 0.1) is 22.9 Å². The first kappa shape index (κ1) is 21.4. The summed E-state index contributed by atoms with van der Waals surface area (Å²) in [5, 5.41) is 7.10. The molecule has 2 aromatic heterocycles. The third-order valence-corrected chi connectivity index (χ3v) is 7.03. The lowest BCUT2D eigenvalue weighted by Crippen LogP contribution is -2.54. The van der Waals surface area contributed by atoms with Gasteiger partial charge in [-0.05, 0) is 43.2 Å². The molecule has 2 aliphatic heterocycles. The van der Waals surface area contributed by atoms with Crippen molar-refractivity contribution in [1.29, 1.82) is 0 Å². The number of aromatic nitrogens is 2. The Labute approximate surface area is 182 Å². The van der Waals surface area contributed by atoms with Crippen molar-refractivity contribution in [3.05, 3.63) is 28.5 Å². The maximum absolute atomic E-state index is 13.0. The highest BCUT2D eigenvalue weighted by Gasteiger charge is 2.59. The smallest absolute Gasteiger partial charge is 0.255 e.